The summed E-state index contributed by atoms with van der Waals surface area (Å²) < 4.78 is 42.0. The number of amides is 2. The molecule has 0 aliphatic rings. The lowest BCUT2D eigenvalue weighted by molar-refractivity contribution is -0.137. The van der Waals surface area contributed by atoms with Crippen LogP contribution >= 0.6 is 0 Å². The quantitative estimate of drug-likeness (QED) is 0.779. The number of benzene rings is 1. The van der Waals surface area contributed by atoms with Gasteiger partial charge in [0, 0.05) is 20.0 Å². The summed E-state index contributed by atoms with van der Waals surface area (Å²) in [6.07, 6.45) is -4.40. The maximum absolute atomic E-state index is 12.3. The molecular weight excluding hydrogens is 289 g/mol. The lowest BCUT2D eigenvalue weighted by Gasteiger charge is -2.09. The number of carbonyl (C=O) groups is 2. The molecule has 2 amide bonds. The van der Waals surface area contributed by atoms with E-state index in [1.807, 2.05) is 0 Å². The molecule has 1 aromatic carbocycles. The predicted molar refractivity (Wildman–Crippen MR) is 68.6 cm³/mol. The van der Waals surface area contributed by atoms with Gasteiger partial charge in [-0.2, -0.15) is 13.2 Å². The van der Waals surface area contributed by atoms with Crippen molar-refractivity contribution in [2.75, 3.05) is 19.7 Å². The number of carbonyl (C=O) groups excluding carboxylic acids is 2. The summed E-state index contributed by atoms with van der Waals surface area (Å²) in [4.78, 5) is 21.9. The van der Waals surface area contributed by atoms with Gasteiger partial charge in [0.05, 0.1) is 5.56 Å². The van der Waals surface area contributed by atoms with Gasteiger partial charge in [-0.1, -0.05) is 0 Å². The van der Waals surface area contributed by atoms with Gasteiger partial charge in [-0.3, -0.25) is 9.59 Å². The summed E-state index contributed by atoms with van der Waals surface area (Å²) in [7, 11) is 0. The Morgan fingerprint density at radius 3 is 2.19 bits per heavy atom. The van der Waals surface area contributed by atoms with Crippen LogP contribution in [0.4, 0.5) is 13.2 Å². The number of halogens is 3. The molecule has 2 N–H and O–H groups in total. The zero-order chi connectivity index (χ0) is 15.9. The Balaban J connectivity index is 2.31. The smallest absolute Gasteiger partial charge is 0.416 e. The van der Waals surface area contributed by atoms with Crippen molar-refractivity contribution in [2.24, 2.45) is 0 Å². The largest absolute Gasteiger partial charge is 0.484 e. The van der Waals surface area contributed by atoms with E-state index in [1.165, 1.54) is 6.92 Å². The average Bonchev–Trinajstić information content (AvgIpc) is 2.40. The fraction of sp³-hybridized carbons (Fsp3) is 0.385. The summed E-state index contributed by atoms with van der Waals surface area (Å²) in [6, 6.07) is 4.05. The van der Waals surface area contributed by atoms with Crippen molar-refractivity contribution in [1.29, 1.82) is 0 Å². The molecule has 21 heavy (non-hydrogen) atoms. The topological polar surface area (TPSA) is 67.4 Å². The maximum Gasteiger partial charge on any atom is 0.416 e. The molecule has 0 saturated carbocycles. The number of nitrogens with one attached hydrogen (secondary N) is 2. The maximum atomic E-state index is 12.3. The Kier molecular flexibility index (Phi) is 6.01. The second-order valence-corrected chi connectivity index (χ2v) is 4.14. The van der Waals surface area contributed by atoms with E-state index in [0.717, 1.165) is 24.3 Å². The molecule has 1 rings (SSSR count). The van der Waals surface area contributed by atoms with Crippen LogP contribution in [0.25, 0.3) is 0 Å². The SMILES string of the molecule is CC(=O)NCCNC(=O)COc1ccc(C(F)(F)F)cc1. The normalized spacial score (nSPS) is 10.9. The highest BCUT2D eigenvalue weighted by atomic mass is 19.4. The number of hydrogen-bond donors (Lipinski definition) is 2. The second-order valence-electron chi connectivity index (χ2n) is 4.14. The van der Waals surface area contributed by atoms with E-state index >= 15 is 0 Å². The predicted octanol–water partition coefficient (Wildman–Crippen LogP) is 1.34. The van der Waals surface area contributed by atoms with Crippen LogP contribution in [0.15, 0.2) is 24.3 Å². The van der Waals surface area contributed by atoms with Crippen molar-refractivity contribution < 1.29 is 27.5 Å². The van der Waals surface area contributed by atoms with Gasteiger partial charge in [-0.25, -0.2) is 0 Å². The molecule has 0 heterocycles. The van der Waals surface area contributed by atoms with E-state index in [1.54, 1.807) is 0 Å². The van der Waals surface area contributed by atoms with E-state index in [9.17, 15) is 22.8 Å². The number of alkyl halides is 3. The standard InChI is InChI=1S/C13H15F3N2O3/c1-9(19)17-6-7-18-12(20)8-21-11-4-2-10(3-5-11)13(14,15)16/h2-5H,6-8H2,1H3,(H,17,19)(H,18,20). The van der Waals surface area contributed by atoms with E-state index in [-0.39, 0.29) is 24.8 Å². The lowest BCUT2D eigenvalue weighted by atomic mass is 10.2. The molecule has 0 fully saturated rings. The fourth-order valence-electron chi connectivity index (χ4n) is 1.38. The van der Waals surface area contributed by atoms with Crippen molar-refractivity contribution in [3.05, 3.63) is 29.8 Å². The first-order valence-electron chi connectivity index (χ1n) is 6.10. The van der Waals surface area contributed by atoms with Crippen molar-refractivity contribution in [3.8, 4) is 5.75 Å². The molecule has 0 aliphatic carbocycles. The minimum absolute atomic E-state index is 0.167. The van der Waals surface area contributed by atoms with Crippen LogP contribution in [-0.2, 0) is 15.8 Å². The molecule has 8 heteroatoms. The molecule has 116 valence electrons. The molecule has 0 unspecified atom stereocenters. The van der Waals surface area contributed by atoms with Gasteiger partial charge in [0.1, 0.15) is 5.75 Å². The minimum atomic E-state index is -4.40. The molecule has 5 nitrogen and oxygen atoms in total. The number of hydrogen-bond acceptors (Lipinski definition) is 3. The average molecular weight is 304 g/mol. The summed E-state index contributed by atoms with van der Waals surface area (Å²) >= 11 is 0. The highest BCUT2D eigenvalue weighted by Crippen LogP contribution is 2.30. The van der Waals surface area contributed by atoms with E-state index < -0.39 is 17.6 Å². The van der Waals surface area contributed by atoms with Gasteiger partial charge in [0.2, 0.25) is 5.91 Å². The van der Waals surface area contributed by atoms with Gasteiger partial charge in [-0.05, 0) is 24.3 Å². The van der Waals surface area contributed by atoms with Gasteiger partial charge in [0.25, 0.3) is 5.91 Å². The molecule has 0 aromatic heterocycles. The fourth-order valence-corrected chi connectivity index (χ4v) is 1.38. The zero-order valence-electron chi connectivity index (χ0n) is 11.3. The summed E-state index contributed by atoms with van der Waals surface area (Å²) in [5, 5.41) is 4.98. The van der Waals surface area contributed by atoms with Crippen LogP contribution in [0.1, 0.15) is 12.5 Å². The Morgan fingerprint density at radius 2 is 1.67 bits per heavy atom. The van der Waals surface area contributed by atoms with Crippen molar-refractivity contribution in [1.82, 2.24) is 10.6 Å². The molecule has 0 bridgehead atoms. The first-order valence-corrected chi connectivity index (χ1v) is 6.10. The van der Waals surface area contributed by atoms with Gasteiger partial charge in [-0.15, -0.1) is 0 Å². The Bertz CT molecular complexity index is 486. The first kappa shape index (κ1) is 16.8. The third-order valence-corrected chi connectivity index (χ3v) is 2.37. The second kappa shape index (κ2) is 7.51. The molecule has 0 radical (unpaired) electrons. The Hall–Kier alpha value is -2.25. The zero-order valence-corrected chi connectivity index (χ0v) is 11.3. The van der Waals surface area contributed by atoms with Crippen molar-refractivity contribution in [2.45, 2.75) is 13.1 Å². The number of ether oxygens (including phenoxy) is 1. The molecule has 0 atom stereocenters. The summed E-state index contributed by atoms with van der Waals surface area (Å²) in [5.74, 6) is -0.467. The van der Waals surface area contributed by atoms with Crippen molar-refractivity contribution >= 4 is 11.8 Å². The highest BCUT2D eigenvalue weighted by molar-refractivity contribution is 5.77. The molecule has 1 aromatic rings. The van der Waals surface area contributed by atoms with Crippen LogP contribution in [0.2, 0.25) is 0 Å². The third-order valence-electron chi connectivity index (χ3n) is 2.37. The minimum Gasteiger partial charge on any atom is -0.484 e. The van der Waals surface area contributed by atoms with E-state index in [0.29, 0.717) is 6.54 Å². The summed E-state index contributed by atoms with van der Waals surface area (Å²) in [5.41, 5.74) is -0.783. The number of rotatable bonds is 6. The Labute approximate surface area is 119 Å². The van der Waals surface area contributed by atoms with Crippen molar-refractivity contribution in [3.63, 3.8) is 0 Å². The Morgan fingerprint density at radius 1 is 1.10 bits per heavy atom. The molecule has 0 saturated heterocycles. The van der Waals surface area contributed by atoms with Crippen LogP contribution in [0.5, 0.6) is 5.75 Å². The van der Waals surface area contributed by atoms with E-state index in [4.69, 9.17) is 4.74 Å². The van der Waals surface area contributed by atoms with Crippen LogP contribution in [0.3, 0.4) is 0 Å². The van der Waals surface area contributed by atoms with Crippen LogP contribution < -0.4 is 15.4 Å². The molecule has 0 aliphatic heterocycles. The highest BCUT2D eigenvalue weighted by Gasteiger charge is 2.30. The molecule has 0 spiro atoms. The first-order chi connectivity index (χ1) is 9.79. The molecular formula is C13H15F3N2O3. The third kappa shape index (κ3) is 6.64. The lowest BCUT2D eigenvalue weighted by Crippen LogP contribution is -2.36. The van der Waals surface area contributed by atoms with Crippen LogP contribution in [0, 0.1) is 0 Å². The summed E-state index contributed by atoms with van der Waals surface area (Å²) in [6.45, 7) is 1.58. The van der Waals surface area contributed by atoms with Gasteiger partial charge < -0.3 is 15.4 Å². The van der Waals surface area contributed by atoms with E-state index in [2.05, 4.69) is 10.6 Å². The monoisotopic (exact) mass is 304 g/mol. The van der Waals surface area contributed by atoms with Gasteiger partial charge in [0.15, 0.2) is 6.61 Å². The van der Waals surface area contributed by atoms with Crippen LogP contribution in [-0.4, -0.2) is 31.5 Å². The van der Waals surface area contributed by atoms with Gasteiger partial charge >= 0.3 is 6.18 Å².